The number of nitrogens with zero attached hydrogens (tertiary/aromatic N) is 6. The molecule has 0 radical (unpaired) electrons. The Bertz CT molecular complexity index is 1650. The zero-order valence-electron chi connectivity index (χ0n) is 22.2. The van der Waals surface area contributed by atoms with E-state index in [-0.39, 0.29) is 11.5 Å². The molecule has 10 heteroatoms. The monoisotopic (exact) mass is 512 g/mol. The van der Waals surface area contributed by atoms with E-state index in [9.17, 15) is 0 Å². The Labute approximate surface area is 220 Å². The molecule has 0 aromatic carbocycles. The maximum atomic E-state index is 6.15. The maximum Gasteiger partial charge on any atom is 0.210 e. The summed E-state index contributed by atoms with van der Waals surface area (Å²) in [7, 11) is 1.96. The first kappa shape index (κ1) is 23.2. The van der Waals surface area contributed by atoms with Gasteiger partial charge in [0, 0.05) is 48.0 Å². The average molecular weight is 513 g/mol. The Morgan fingerprint density at radius 3 is 2.63 bits per heavy atom. The van der Waals surface area contributed by atoms with Crippen LogP contribution in [0.15, 0.2) is 36.7 Å². The second-order valence-corrected chi connectivity index (χ2v) is 11.5. The maximum absolute atomic E-state index is 6.15. The topological polar surface area (TPSA) is 108 Å². The standard InChI is InChI=1S/C28H32N8O2/c1-28(2,3)23-12-24(34-36(23)18-7-8-37-15-18)32-27-33-26-22(35(27)4)11-20(14-30-26)38-19-9-17-10-21(16-5-6-16)31-25(17)29-13-19/h9-14,16,18H,5-8,15H2,1-4H3,(H,29,31)(H,30,32,33,34). The summed E-state index contributed by atoms with van der Waals surface area (Å²) in [5.74, 6) is 3.38. The molecule has 196 valence electrons. The van der Waals surface area contributed by atoms with Crippen LogP contribution in [-0.4, -0.2) is 47.5 Å². The lowest BCUT2D eigenvalue weighted by atomic mass is 9.91. The van der Waals surface area contributed by atoms with Gasteiger partial charge >= 0.3 is 0 Å². The highest BCUT2D eigenvalue weighted by Crippen LogP contribution is 2.41. The van der Waals surface area contributed by atoms with Gasteiger partial charge in [-0.25, -0.2) is 9.97 Å². The highest BCUT2D eigenvalue weighted by atomic mass is 16.5. The number of pyridine rings is 2. The molecule has 1 unspecified atom stereocenters. The summed E-state index contributed by atoms with van der Waals surface area (Å²) in [6.07, 6.45) is 6.91. The number of nitrogens with one attached hydrogen (secondary N) is 2. The number of aromatic nitrogens is 7. The van der Waals surface area contributed by atoms with Crippen molar-refractivity contribution < 1.29 is 9.47 Å². The van der Waals surface area contributed by atoms with Gasteiger partial charge in [0.15, 0.2) is 11.5 Å². The van der Waals surface area contributed by atoms with Gasteiger partial charge in [0.25, 0.3) is 0 Å². The number of hydrogen-bond acceptors (Lipinski definition) is 7. The quantitative estimate of drug-likeness (QED) is 0.300. The van der Waals surface area contributed by atoms with Crippen molar-refractivity contribution in [2.75, 3.05) is 18.5 Å². The van der Waals surface area contributed by atoms with Gasteiger partial charge in [-0.05, 0) is 37.3 Å². The minimum absolute atomic E-state index is 0.0482. The second-order valence-electron chi connectivity index (χ2n) is 11.5. The third-order valence-electron chi connectivity index (χ3n) is 7.43. The Kier molecular flexibility index (Phi) is 5.23. The molecule has 2 fully saturated rings. The zero-order chi connectivity index (χ0) is 26.0. The van der Waals surface area contributed by atoms with Crippen LogP contribution in [0, 0.1) is 0 Å². The Morgan fingerprint density at radius 2 is 1.87 bits per heavy atom. The smallest absolute Gasteiger partial charge is 0.210 e. The normalized spacial score (nSPS) is 18.1. The fourth-order valence-corrected chi connectivity index (χ4v) is 5.16. The number of H-pyrrole nitrogens is 1. The molecule has 0 spiro atoms. The molecule has 1 aliphatic carbocycles. The van der Waals surface area contributed by atoms with Gasteiger partial charge in [0.05, 0.1) is 30.6 Å². The molecule has 2 N–H and O–H groups in total. The van der Waals surface area contributed by atoms with Crippen LogP contribution >= 0.6 is 0 Å². The molecule has 1 atom stereocenters. The first-order valence-corrected chi connectivity index (χ1v) is 13.3. The number of imidazole rings is 1. The molecule has 2 aliphatic rings. The second kappa shape index (κ2) is 8.56. The van der Waals surface area contributed by atoms with Crippen molar-refractivity contribution in [3.05, 3.63) is 48.0 Å². The molecule has 1 aliphatic heterocycles. The molecular weight excluding hydrogens is 480 g/mol. The van der Waals surface area contributed by atoms with E-state index in [1.165, 1.54) is 24.2 Å². The van der Waals surface area contributed by atoms with Crippen molar-refractivity contribution in [3.63, 3.8) is 0 Å². The lowest BCUT2D eigenvalue weighted by Gasteiger charge is -2.22. The SMILES string of the molecule is Cn1c(Nc2cc(C(C)(C)C)n(C3CCOC3)n2)nc2ncc(Oc3cnc4[nH]c(C5CC5)cc4c3)cc21. The molecule has 1 saturated carbocycles. The summed E-state index contributed by atoms with van der Waals surface area (Å²) in [5, 5.41) is 9.37. The van der Waals surface area contributed by atoms with Crippen molar-refractivity contribution in [2.45, 2.75) is 57.4 Å². The summed E-state index contributed by atoms with van der Waals surface area (Å²) in [5.41, 5.74) is 4.77. The highest BCUT2D eigenvalue weighted by molar-refractivity contribution is 5.79. The fraction of sp³-hybridized carbons (Fsp3) is 0.429. The van der Waals surface area contributed by atoms with Gasteiger partial charge in [-0.2, -0.15) is 10.1 Å². The van der Waals surface area contributed by atoms with E-state index in [1.54, 1.807) is 12.4 Å². The lowest BCUT2D eigenvalue weighted by Crippen LogP contribution is -2.22. The van der Waals surface area contributed by atoms with E-state index >= 15 is 0 Å². The van der Waals surface area contributed by atoms with Crippen LogP contribution in [0.25, 0.3) is 22.2 Å². The molecule has 10 nitrogen and oxygen atoms in total. The van der Waals surface area contributed by atoms with Crippen molar-refractivity contribution in [2.24, 2.45) is 7.05 Å². The van der Waals surface area contributed by atoms with Gasteiger partial charge < -0.3 is 24.3 Å². The molecule has 1 saturated heterocycles. The number of hydrogen-bond donors (Lipinski definition) is 2. The van der Waals surface area contributed by atoms with Crippen LogP contribution in [0.5, 0.6) is 11.5 Å². The van der Waals surface area contributed by atoms with E-state index in [1.807, 2.05) is 23.7 Å². The van der Waals surface area contributed by atoms with Crippen molar-refractivity contribution in [1.82, 2.24) is 34.3 Å². The van der Waals surface area contributed by atoms with Gasteiger partial charge in [0.2, 0.25) is 5.95 Å². The minimum Gasteiger partial charge on any atom is -0.454 e. The fourth-order valence-electron chi connectivity index (χ4n) is 5.16. The molecule has 0 amide bonds. The van der Waals surface area contributed by atoms with Crippen LogP contribution < -0.4 is 10.1 Å². The van der Waals surface area contributed by atoms with Crippen LogP contribution in [0.2, 0.25) is 0 Å². The summed E-state index contributed by atoms with van der Waals surface area (Å²) in [6, 6.07) is 8.51. The largest absolute Gasteiger partial charge is 0.454 e. The summed E-state index contributed by atoms with van der Waals surface area (Å²) < 4.78 is 15.9. The van der Waals surface area contributed by atoms with E-state index in [0.29, 0.717) is 35.6 Å². The summed E-state index contributed by atoms with van der Waals surface area (Å²) in [6.45, 7) is 8.08. The Balaban J connectivity index is 1.15. The number of ether oxygens (including phenoxy) is 2. The molecule has 0 bridgehead atoms. The van der Waals surface area contributed by atoms with E-state index in [2.05, 4.69) is 57.9 Å². The van der Waals surface area contributed by atoms with Crippen LogP contribution in [-0.2, 0) is 17.2 Å². The molecular formula is C28H32N8O2. The average Bonchev–Trinajstić information content (AvgIpc) is 3.24. The van der Waals surface area contributed by atoms with Crippen molar-refractivity contribution in [3.8, 4) is 11.5 Å². The van der Waals surface area contributed by atoms with Crippen LogP contribution in [0.4, 0.5) is 11.8 Å². The molecule has 5 aromatic rings. The first-order valence-electron chi connectivity index (χ1n) is 13.3. The zero-order valence-corrected chi connectivity index (χ0v) is 22.2. The van der Waals surface area contributed by atoms with E-state index < -0.39 is 0 Å². The van der Waals surface area contributed by atoms with Gasteiger partial charge in [-0.15, -0.1) is 0 Å². The third kappa shape index (κ3) is 4.18. The predicted molar refractivity (Wildman–Crippen MR) is 145 cm³/mol. The van der Waals surface area contributed by atoms with Gasteiger partial charge in [-0.3, -0.25) is 4.68 Å². The van der Waals surface area contributed by atoms with Crippen molar-refractivity contribution in [1.29, 1.82) is 0 Å². The Hall–Kier alpha value is -3.92. The minimum atomic E-state index is -0.0482. The lowest BCUT2D eigenvalue weighted by molar-refractivity contribution is 0.183. The van der Waals surface area contributed by atoms with Crippen LogP contribution in [0.3, 0.4) is 0 Å². The highest BCUT2D eigenvalue weighted by Gasteiger charge is 2.28. The number of aryl methyl sites for hydroxylation is 1. The van der Waals surface area contributed by atoms with Gasteiger partial charge in [0.1, 0.15) is 17.1 Å². The van der Waals surface area contributed by atoms with Gasteiger partial charge in [-0.1, -0.05) is 20.8 Å². The molecule has 38 heavy (non-hydrogen) atoms. The first-order chi connectivity index (χ1) is 18.3. The summed E-state index contributed by atoms with van der Waals surface area (Å²) >= 11 is 0. The molecule has 6 heterocycles. The Morgan fingerprint density at radius 1 is 1.05 bits per heavy atom. The van der Waals surface area contributed by atoms with Crippen molar-refractivity contribution >= 4 is 34.0 Å². The summed E-state index contributed by atoms with van der Waals surface area (Å²) in [4.78, 5) is 17.2. The number of rotatable bonds is 6. The molecule has 7 rings (SSSR count). The van der Waals surface area contributed by atoms with E-state index in [4.69, 9.17) is 19.6 Å². The van der Waals surface area contributed by atoms with E-state index in [0.717, 1.165) is 35.4 Å². The number of anilines is 2. The number of fused-ring (bicyclic) bond motifs is 2. The predicted octanol–water partition coefficient (Wildman–Crippen LogP) is 5.71. The molecule has 5 aromatic heterocycles. The number of aromatic amines is 1. The third-order valence-corrected chi connectivity index (χ3v) is 7.43. The van der Waals surface area contributed by atoms with Crippen LogP contribution in [0.1, 0.15) is 63.4 Å².